The SMILES string of the molecule is CC1(C)OC(=O)C(=CNc2cccc3c2CCNC3)C(=O)O1. The predicted molar refractivity (Wildman–Crippen MR) is 79.8 cm³/mol. The van der Waals surface area contributed by atoms with Gasteiger partial charge in [0.2, 0.25) is 0 Å². The fourth-order valence-corrected chi connectivity index (χ4v) is 2.60. The summed E-state index contributed by atoms with van der Waals surface area (Å²) in [4.78, 5) is 23.8. The highest BCUT2D eigenvalue weighted by atomic mass is 16.7. The molecular formula is C16H18N2O4. The second-order valence-electron chi connectivity index (χ2n) is 5.75. The normalized spacial score (nSPS) is 19.8. The standard InChI is InChI=1S/C16H18N2O4/c1-16(2)21-14(19)12(15(20)22-16)9-18-13-5-3-4-10-8-17-7-6-11(10)13/h3-5,9,17-18H,6-8H2,1-2H3. The van der Waals surface area contributed by atoms with E-state index in [0.717, 1.165) is 25.2 Å². The van der Waals surface area contributed by atoms with Gasteiger partial charge in [-0.05, 0) is 30.2 Å². The Kier molecular flexibility index (Phi) is 3.62. The van der Waals surface area contributed by atoms with Gasteiger partial charge in [0.05, 0.1) is 0 Å². The van der Waals surface area contributed by atoms with Gasteiger partial charge in [-0.15, -0.1) is 0 Å². The molecule has 0 bridgehead atoms. The second-order valence-corrected chi connectivity index (χ2v) is 5.75. The molecule has 0 amide bonds. The number of cyclic esters (lactones) is 2. The molecule has 2 heterocycles. The van der Waals surface area contributed by atoms with Gasteiger partial charge in [-0.2, -0.15) is 0 Å². The summed E-state index contributed by atoms with van der Waals surface area (Å²) in [6.45, 7) is 4.77. The number of hydrogen-bond donors (Lipinski definition) is 2. The Labute approximate surface area is 128 Å². The van der Waals surface area contributed by atoms with Gasteiger partial charge in [0.15, 0.2) is 5.57 Å². The number of carbonyl (C=O) groups is 2. The Morgan fingerprint density at radius 3 is 2.68 bits per heavy atom. The fourth-order valence-electron chi connectivity index (χ4n) is 2.60. The van der Waals surface area contributed by atoms with Crippen molar-refractivity contribution in [1.82, 2.24) is 5.32 Å². The number of anilines is 1. The van der Waals surface area contributed by atoms with E-state index in [1.807, 2.05) is 12.1 Å². The van der Waals surface area contributed by atoms with E-state index in [4.69, 9.17) is 9.47 Å². The molecule has 0 aromatic heterocycles. The molecule has 116 valence electrons. The minimum atomic E-state index is -1.22. The molecular weight excluding hydrogens is 284 g/mol. The number of hydrogen-bond acceptors (Lipinski definition) is 6. The Morgan fingerprint density at radius 2 is 1.95 bits per heavy atom. The molecule has 2 N–H and O–H groups in total. The molecule has 6 nitrogen and oxygen atoms in total. The summed E-state index contributed by atoms with van der Waals surface area (Å²) in [5, 5.41) is 6.34. The molecule has 6 heteroatoms. The average Bonchev–Trinajstić information content (AvgIpc) is 2.45. The molecule has 0 spiro atoms. The minimum Gasteiger partial charge on any atom is -0.419 e. The van der Waals surface area contributed by atoms with Gasteiger partial charge in [0.1, 0.15) is 0 Å². The summed E-state index contributed by atoms with van der Waals surface area (Å²) < 4.78 is 10.1. The van der Waals surface area contributed by atoms with Crippen molar-refractivity contribution in [1.29, 1.82) is 0 Å². The Bertz CT molecular complexity index is 642. The highest BCUT2D eigenvalue weighted by Gasteiger charge is 2.38. The Morgan fingerprint density at radius 1 is 1.23 bits per heavy atom. The van der Waals surface area contributed by atoms with E-state index in [1.54, 1.807) is 0 Å². The zero-order chi connectivity index (χ0) is 15.7. The summed E-state index contributed by atoms with van der Waals surface area (Å²) in [7, 11) is 0. The van der Waals surface area contributed by atoms with E-state index in [0.29, 0.717) is 0 Å². The average molecular weight is 302 g/mol. The van der Waals surface area contributed by atoms with Gasteiger partial charge in [-0.3, -0.25) is 0 Å². The van der Waals surface area contributed by atoms with Crippen LogP contribution in [0.25, 0.3) is 0 Å². The first-order valence-corrected chi connectivity index (χ1v) is 7.21. The molecule has 1 aromatic rings. The van der Waals surface area contributed by atoms with Crippen LogP contribution in [0.5, 0.6) is 0 Å². The molecule has 0 atom stereocenters. The second kappa shape index (κ2) is 5.46. The van der Waals surface area contributed by atoms with Gasteiger partial charge in [-0.25, -0.2) is 9.59 Å². The lowest BCUT2D eigenvalue weighted by Gasteiger charge is -2.29. The molecule has 0 aliphatic carbocycles. The minimum absolute atomic E-state index is 0.133. The maximum absolute atomic E-state index is 11.9. The quantitative estimate of drug-likeness (QED) is 0.489. The zero-order valence-corrected chi connectivity index (χ0v) is 12.6. The molecule has 1 saturated heterocycles. The van der Waals surface area contributed by atoms with E-state index < -0.39 is 17.7 Å². The summed E-state index contributed by atoms with van der Waals surface area (Å²) in [5.74, 6) is -2.58. The van der Waals surface area contributed by atoms with Crippen LogP contribution in [0.3, 0.4) is 0 Å². The molecule has 2 aliphatic rings. The summed E-state index contributed by atoms with van der Waals surface area (Å²) in [5.41, 5.74) is 3.16. The smallest absolute Gasteiger partial charge is 0.350 e. The fraction of sp³-hybridized carbons (Fsp3) is 0.375. The maximum Gasteiger partial charge on any atom is 0.350 e. The molecule has 1 fully saturated rings. The topological polar surface area (TPSA) is 76.7 Å². The summed E-state index contributed by atoms with van der Waals surface area (Å²) >= 11 is 0. The largest absolute Gasteiger partial charge is 0.419 e. The number of rotatable bonds is 2. The number of fused-ring (bicyclic) bond motifs is 1. The van der Waals surface area contributed by atoms with Gasteiger partial charge < -0.3 is 20.1 Å². The van der Waals surface area contributed by atoms with E-state index in [2.05, 4.69) is 16.7 Å². The van der Waals surface area contributed by atoms with Crippen molar-refractivity contribution < 1.29 is 19.1 Å². The van der Waals surface area contributed by atoms with Crippen molar-refractivity contribution in [3.63, 3.8) is 0 Å². The van der Waals surface area contributed by atoms with Crippen LogP contribution in [-0.2, 0) is 32.0 Å². The highest BCUT2D eigenvalue weighted by molar-refractivity contribution is 6.15. The molecule has 0 radical (unpaired) electrons. The van der Waals surface area contributed by atoms with Crippen LogP contribution in [0.2, 0.25) is 0 Å². The summed E-state index contributed by atoms with van der Waals surface area (Å²) in [6, 6.07) is 5.92. The van der Waals surface area contributed by atoms with Crippen LogP contribution >= 0.6 is 0 Å². The Hall–Kier alpha value is -2.34. The van der Waals surface area contributed by atoms with Crippen molar-refractivity contribution in [3.8, 4) is 0 Å². The van der Waals surface area contributed by atoms with E-state index in [-0.39, 0.29) is 5.57 Å². The lowest BCUT2D eigenvalue weighted by molar-refractivity contribution is -0.222. The molecule has 0 unspecified atom stereocenters. The van der Waals surface area contributed by atoms with E-state index in [9.17, 15) is 9.59 Å². The van der Waals surface area contributed by atoms with Crippen LogP contribution in [0.15, 0.2) is 30.0 Å². The first kappa shape index (κ1) is 14.6. The van der Waals surface area contributed by atoms with Gasteiger partial charge in [0, 0.05) is 32.3 Å². The van der Waals surface area contributed by atoms with Gasteiger partial charge in [-0.1, -0.05) is 12.1 Å². The van der Waals surface area contributed by atoms with Crippen LogP contribution in [0.1, 0.15) is 25.0 Å². The molecule has 3 rings (SSSR count). The van der Waals surface area contributed by atoms with Crippen LogP contribution in [0, 0.1) is 0 Å². The molecule has 1 aromatic carbocycles. The lowest BCUT2D eigenvalue weighted by atomic mass is 9.99. The lowest BCUT2D eigenvalue weighted by Crippen LogP contribution is -2.42. The maximum atomic E-state index is 11.9. The van der Waals surface area contributed by atoms with Crippen LogP contribution in [0.4, 0.5) is 5.69 Å². The highest BCUT2D eigenvalue weighted by Crippen LogP contribution is 2.25. The monoisotopic (exact) mass is 302 g/mol. The molecule has 2 aliphatic heterocycles. The van der Waals surface area contributed by atoms with E-state index >= 15 is 0 Å². The number of benzene rings is 1. The van der Waals surface area contributed by atoms with Gasteiger partial charge in [0.25, 0.3) is 5.79 Å². The predicted octanol–water partition coefficient (Wildman–Crippen LogP) is 1.46. The first-order valence-electron chi connectivity index (χ1n) is 7.21. The van der Waals surface area contributed by atoms with Crippen LogP contribution in [-0.4, -0.2) is 24.3 Å². The van der Waals surface area contributed by atoms with Gasteiger partial charge >= 0.3 is 11.9 Å². The zero-order valence-electron chi connectivity index (χ0n) is 12.6. The molecule has 22 heavy (non-hydrogen) atoms. The van der Waals surface area contributed by atoms with Crippen molar-refractivity contribution >= 4 is 17.6 Å². The Balaban J connectivity index is 1.83. The van der Waals surface area contributed by atoms with Crippen molar-refractivity contribution in [3.05, 3.63) is 41.1 Å². The summed E-state index contributed by atoms with van der Waals surface area (Å²) in [6.07, 6.45) is 2.25. The number of esters is 2. The van der Waals surface area contributed by atoms with Crippen LogP contribution < -0.4 is 10.6 Å². The third-order valence-electron chi connectivity index (χ3n) is 3.63. The third-order valence-corrected chi connectivity index (χ3v) is 3.63. The number of carbonyl (C=O) groups excluding carboxylic acids is 2. The first-order chi connectivity index (χ1) is 10.5. The third kappa shape index (κ3) is 2.82. The number of nitrogens with one attached hydrogen (secondary N) is 2. The van der Waals surface area contributed by atoms with Crippen molar-refractivity contribution in [2.75, 3.05) is 11.9 Å². The van der Waals surface area contributed by atoms with E-state index in [1.165, 1.54) is 31.2 Å². The van der Waals surface area contributed by atoms with Crippen molar-refractivity contribution in [2.24, 2.45) is 0 Å². The molecule has 0 saturated carbocycles. The number of ether oxygens (including phenoxy) is 2. The van der Waals surface area contributed by atoms with Crippen molar-refractivity contribution in [2.45, 2.75) is 32.6 Å².